The molecular formula is C9H11NO2S. The second-order valence-corrected chi connectivity index (χ2v) is 3.64. The van der Waals surface area contributed by atoms with Crippen LogP contribution in [0.3, 0.4) is 0 Å². The van der Waals surface area contributed by atoms with Gasteiger partial charge in [-0.3, -0.25) is 9.59 Å². The van der Waals surface area contributed by atoms with E-state index in [1.807, 2.05) is 12.3 Å². The molecule has 0 saturated heterocycles. The number of nitrogens with zero attached hydrogens (tertiary/aromatic N) is 1. The van der Waals surface area contributed by atoms with Crippen molar-refractivity contribution in [3.8, 4) is 0 Å². The Bertz CT molecular complexity index is 330. The van der Waals surface area contributed by atoms with Gasteiger partial charge in [-0.2, -0.15) is 0 Å². The summed E-state index contributed by atoms with van der Waals surface area (Å²) >= 11 is 1.30. The predicted molar refractivity (Wildman–Crippen MR) is 51.1 cm³/mol. The molecule has 0 atom stereocenters. The number of aromatic nitrogens is 1. The predicted octanol–water partition coefficient (Wildman–Crippen LogP) is 2.00. The lowest BCUT2D eigenvalue weighted by Gasteiger charge is -1.92. The zero-order valence-corrected chi connectivity index (χ0v) is 8.48. The highest BCUT2D eigenvalue weighted by Crippen LogP contribution is 2.11. The first-order valence-electron chi connectivity index (χ1n) is 4.10. The summed E-state index contributed by atoms with van der Waals surface area (Å²) < 4.78 is 0. The fourth-order valence-electron chi connectivity index (χ4n) is 0.862. The van der Waals surface area contributed by atoms with Crippen molar-refractivity contribution in [2.24, 2.45) is 0 Å². The molecule has 0 radical (unpaired) electrons. The quantitative estimate of drug-likeness (QED) is 0.548. The first-order chi connectivity index (χ1) is 6.13. The molecule has 0 unspecified atom stereocenters. The molecule has 0 saturated carbocycles. The second-order valence-electron chi connectivity index (χ2n) is 2.79. The normalized spacial score (nSPS) is 10.0. The first kappa shape index (κ1) is 10.1. The average Bonchev–Trinajstić information content (AvgIpc) is 2.51. The van der Waals surface area contributed by atoms with Crippen molar-refractivity contribution in [3.05, 3.63) is 16.1 Å². The van der Waals surface area contributed by atoms with Gasteiger partial charge in [0.2, 0.25) is 0 Å². The van der Waals surface area contributed by atoms with Crippen LogP contribution in [0, 0.1) is 6.92 Å². The zero-order valence-electron chi connectivity index (χ0n) is 7.66. The Morgan fingerprint density at radius 1 is 1.54 bits per heavy atom. The van der Waals surface area contributed by atoms with E-state index >= 15 is 0 Å². The summed E-state index contributed by atoms with van der Waals surface area (Å²) in [5.74, 6) is -0.192. The Labute approximate surface area is 80.8 Å². The highest BCUT2D eigenvalue weighted by Gasteiger charge is 2.13. The summed E-state index contributed by atoms with van der Waals surface area (Å²) in [6, 6.07) is 0. The molecule has 4 heteroatoms. The van der Waals surface area contributed by atoms with Gasteiger partial charge in [-0.05, 0) is 6.92 Å². The Balaban J connectivity index is 2.64. The van der Waals surface area contributed by atoms with Crippen molar-refractivity contribution in [3.63, 3.8) is 0 Å². The zero-order chi connectivity index (χ0) is 9.84. The van der Waals surface area contributed by atoms with E-state index in [4.69, 9.17) is 0 Å². The Kier molecular flexibility index (Phi) is 3.31. The minimum absolute atomic E-state index is 0.0105. The molecule has 1 aromatic rings. The maximum atomic E-state index is 11.4. The lowest BCUT2D eigenvalue weighted by molar-refractivity contribution is -0.117. The molecule has 0 bridgehead atoms. The van der Waals surface area contributed by atoms with Gasteiger partial charge >= 0.3 is 0 Å². The fraction of sp³-hybridized carbons (Fsp3) is 0.444. The van der Waals surface area contributed by atoms with Crippen molar-refractivity contribution < 1.29 is 9.59 Å². The van der Waals surface area contributed by atoms with E-state index < -0.39 is 0 Å². The molecule has 1 aromatic heterocycles. The number of carbonyl (C=O) groups excluding carboxylic acids is 2. The minimum Gasteiger partial charge on any atom is -0.299 e. The van der Waals surface area contributed by atoms with Crippen molar-refractivity contribution in [1.82, 2.24) is 4.98 Å². The number of ketones is 2. The summed E-state index contributed by atoms with van der Waals surface area (Å²) in [4.78, 5) is 26.3. The molecule has 0 aliphatic rings. The number of aryl methyl sites for hydroxylation is 1. The Morgan fingerprint density at radius 3 is 2.69 bits per heavy atom. The largest absolute Gasteiger partial charge is 0.299 e. The van der Waals surface area contributed by atoms with Crippen LogP contribution in [0.25, 0.3) is 0 Å². The van der Waals surface area contributed by atoms with Crippen LogP contribution in [0.15, 0.2) is 5.38 Å². The van der Waals surface area contributed by atoms with Crippen LogP contribution in [0.2, 0.25) is 0 Å². The molecule has 0 amide bonds. The topological polar surface area (TPSA) is 47.0 Å². The number of hydrogen-bond acceptors (Lipinski definition) is 4. The third-order valence-electron chi connectivity index (χ3n) is 1.61. The van der Waals surface area contributed by atoms with E-state index in [1.165, 1.54) is 11.3 Å². The van der Waals surface area contributed by atoms with Gasteiger partial charge in [0.25, 0.3) is 0 Å². The third kappa shape index (κ3) is 2.73. The van der Waals surface area contributed by atoms with Crippen LogP contribution in [-0.4, -0.2) is 16.6 Å². The van der Waals surface area contributed by atoms with Gasteiger partial charge in [0.15, 0.2) is 10.8 Å². The lowest BCUT2D eigenvalue weighted by atomic mass is 10.2. The molecule has 0 N–H and O–H groups in total. The molecule has 1 rings (SSSR count). The third-order valence-corrected chi connectivity index (χ3v) is 2.61. The first-order valence-corrected chi connectivity index (χ1v) is 4.98. The maximum Gasteiger partial charge on any atom is 0.198 e. The SMILES string of the molecule is CCC(=O)CC(=O)c1nc(C)cs1. The van der Waals surface area contributed by atoms with E-state index in [9.17, 15) is 9.59 Å². The Hall–Kier alpha value is -1.03. The maximum absolute atomic E-state index is 11.4. The summed E-state index contributed by atoms with van der Waals surface area (Å²) in [7, 11) is 0. The van der Waals surface area contributed by atoms with Crippen LogP contribution in [0.5, 0.6) is 0 Å². The van der Waals surface area contributed by atoms with Gasteiger partial charge < -0.3 is 0 Å². The monoisotopic (exact) mass is 197 g/mol. The highest BCUT2D eigenvalue weighted by molar-refractivity contribution is 7.11. The molecule has 70 valence electrons. The molecule has 1 heterocycles. The smallest absolute Gasteiger partial charge is 0.198 e. The average molecular weight is 197 g/mol. The number of Topliss-reactive ketones (excluding diaryl/α,β-unsaturated/α-hetero) is 2. The van der Waals surface area contributed by atoms with Gasteiger partial charge in [0, 0.05) is 17.5 Å². The highest BCUT2D eigenvalue weighted by atomic mass is 32.1. The van der Waals surface area contributed by atoms with Gasteiger partial charge in [-0.15, -0.1) is 11.3 Å². The summed E-state index contributed by atoms with van der Waals surface area (Å²) in [6.45, 7) is 3.58. The van der Waals surface area contributed by atoms with E-state index in [0.717, 1.165) is 5.69 Å². The molecular weight excluding hydrogens is 186 g/mol. The molecule has 3 nitrogen and oxygen atoms in total. The number of hydrogen-bond donors (Lipinski definition) is 0. The fourth-order valence-corrected chi connectivity index (χ4v) is 1.60. The van der Waals surface area contributed by atoms with E-state index in [-0.39, 0.29) is 18.0 Å². The summed E-state index contributed by atoms with van der Waals surface area (Å²) in [5, 5.41) is 2.25. The molecule has 0 aromatic carbocycles. The second kappa shape index (κ2) is 4.28. The van der Waals surface area contributed by atoms with Crippen LogP contribution in [-0.2, 0) is 4.79 Å². The number of thiazole rings is 1. The van der Waals surface area contributed by atoms with Crippen molar-refractivity contribution in [2.75, 3.05) is 0 Å². The van der Waals surface area contributed by atoms with E-state index in [2.05, 4.69) is 4.98 Å². The number of rotatable bonds is 4. The van der Waals surface area contributed by atoms with Crippen LogP contribution in [0.1, 0.15) is 35.3 Å². The van der Waals surface area contributed by atoms with Gasteiger partial charge in [-0.25, -0.2) is 4.98 Å². The van der Waals surface area contributed by atoms with Crippen molar-refractivity contribution in [2.45, 2.75) is 26.7 Å². The standard InChI is InChI=1S/C9H11NO2S/c1-3-7(11)4-8(12)9-10-6(2)5-13-9/h5H,3-4H2,1-2H3. The van der Waals surface area contributed by atoms with Crippen LogP contribution >= 0.6 is 11.3 Å². The van der Waals surface area contributed by atoms with Crippen LogP contribution in [0.4, 0.5) is 0 Å². The van der Waals surface area contributed by atoms with Gasteiger partial charge in [-0.1, -0.05) is 6.92 Å². The molecule has 13 heavy (non-hydrogen) atoms. The minimum atomic E-state index is -0.162. The van der Waals surface area contributed by atoms with Crippen molar-refractivity contribution >= 4 is 22.9 Å². The number of carbonyl (C=O) groups is 2. The van der Waals surface area contributed by atoms with Crippen LogP contribution < -0.4 is 0 Å². The molecule has 0 aliphatic carbocycles. The van der Waals surface area contributed by atoms with Gasteiger partial charge in [0.05, 0.1) is 6.42 Å². The van der Waals surface area contributed by atoms with Gasteiger partial charge in [0.1, 0.15) is 5.78 Å². The summed E-state index contributed by atoms with van der Waals surface area (Å²) in [6.07, 6.45) is 0.402. The molecule has 0 aliphatic heterocycles. The summed E-state index contributed by atoms with van der Waals surface area (Å²) in [5.41, 5.74) is 0.831. The molecule has 0 spiro atoms. The van der Waals surface area contributed by atoms with Crippen molar-refractivity contribution in [1.29, 1.82) is 0 Å². The van der Waals surface area contributed by atoms with E-state index in [0.29, 0.717) is 11.4 Å². The lowest BCUT2D eigenvalue weighted by Crippen LogP contribution is -2.06. The Morgan fingerprint density at radius 2 is 2.23 bits per heavy atom. The van der Waals surface area contributed by atoms with E-state index in [1.54, 1.807) is 6.92 Å². The molecule has 0 fully saturated rings.